The molecule has 0 bridgehead atoms. The number of aromatic nitrogens is 2. The zero-order valence-electron chi connectivity index (χ0n) is 14.6. The number of carbonyl (C=O) groups excluding carboxylic acids is 1. The van der Waals surface area contributed by atoms with E-state index < -0.39 is 6.04 Å². The molecule has 0 saturated carbocycles. The van der Waals surface area contributed by atoms with Crippen molar-refractivity contribution in [3.63, 3.8) is 0 Å². The summed E-state index contributed by atoms with van der Waals surface area (Å²) in [7, 11) is 0. The van der Waals surface area contributed by atoms with Crippen LogP contribution in [-0.4, -0.2) is 22.8 Å². The highest BCUT2D eigenvalue weighted by molar-refractivity contribution is 5.91. The van der Waals surface area contributed by atoms with E-state index in [1.54, 1.807) is 25.1 Å². The first-order valence-corrected chi connectivity index (χ1v) is 8.46. The van der Waals surface area contributed by atoms with E-state index in [9.17, 15) is 4.79 Å². The molecule has 136 valence electrons. The highest BCUT2D eigenvalue weighted by Crippen LogP contribution is 2.35. The first-order valence-electron chi connectivity index (χ1n) is 8.46. The molecule has 1 unspecified atom stereocenters. The van der Waals surface area contributed by atoms with Gasteiger partial charge in [-0.1, -0.05) is 35.5 Å². The molecule has 7 nitrogen and oxygen atoms in total. The minimum atomic E-state index is -0.423. The van der Waals surface area contributed by atoms with Crippen LogP contribution in [0.2, 0.25) is 0 Å². The number of amides is 1. The highest BCUT2D eigenvalue weighted by atomic mass is 16.7. The van der Waals surface area contributed by atoms with Gasteiger partial charge < -0.3 is 19.3 Å². The van der Waals surface area contributed by atoms with Gasteiger partial charge in [-0.2, -0.15) is 4.98 Å². The molecule has 7 heteroatoms. The molecule has 0 fully saturated rings. The molecule has 1 amide bonds. The second-order valence-corrected chi connectivity index (χ2v) is 6.00. The smallest absolute Gasteiger partial charge is 0.249 e. The summed E-state index contributed by atoms with van der Waals surface area (Å²) in [6, 6.07) is 14.6. The molecule has 1 aliphatic heterocycles. The van der Waals surface area contributed by atoms with E-state index in [0.717, 1.165) is 11.1 Å². The molecule has 2 heterocycles. The Morgan fingerprint density at radius 1 is 1.15 bits per heavy atom. The Labute approximate surface area is 155 Å². The molecule has 3 aromatic rings. The van der Waals surface area contributed by atoms with Crippen molar-refractivity contribution in [3.8, 4) is 22.9 Å². The molecule has 4 rings (SSSR count). The first kappa shape index (κ1) is 16.8. The van der Waals surface area contributed by atoms with Crippen LogP contribution >= 0.6 is 0 Å². The molecule has 1 N–H and O–H groups in total. The summed E-state index contributed by atoms with van der Waals surface area (Å²) in [6.07, 6.45) is 3.22. The SMILES string of the molecule is CC(NC(=O)C=Cc1ccccc1)c1nc(-c2ccc3c(c2)OCO3)no1. The van der Waals surface area contributed by atoms with Crippen molar-refractivity contribution >= 4 is 12.0 Å². The number of nitrogens with zero attached hydrogens (tertiary/aromatic N) is 2. The second-order valence-electron chi connectivity index (χ2n) is 6.00. The molecule has 1 aromatic heterocycles. The fourth-order valence-electron chi connectivity index (χ4n) is 2.62. The Bertz CT molecular complexity index is 982. The normalized spacial score (nSPS) is 13.7. The van der Waals surface area contributed by atoms with E-state index in [4.69, 9.17) is 14.0 Å². The van der Waals surface area contributed by atoms with Crippen LogP contribution < -0.4 is 14.8 Å². The van der Waals surface area contributed by atoms with Crippen LogP contribution in [0.3, 0.4) is 0 Å². The maximum atomic E-state index is 12.1. The van der Waals surface area contributed by atoms with Gasteiger partial charge in [0.2, 0.25) is 24.4 Å². The fraction of sp³-hybridized carbons (Fsp3) is 0.150. The predicted molar refractivity (Wildman–Crippen MR) is 97.9 cm³/mol. The number of nitrogens with one attached hydrogen (secondary N) is 1. The van der Waals surface area contributed by atoms with Crippen molar-refractivity contribution in [2.24, 2.45) is 0 Å². The van der Waals surface area contributed by atoms with Crippen molar-refractivity contribution < 1.29 is 18.8 Å². The van der Waals surface area contributed by atoms with Gasteiger partial charge in [0.25, 0.3) is 0 Å². The van der Waals surface area contributed by atoms with Crippen molar-refractivity contribution in [1.82, 2.24) is 15.5 Å². The fourth-order valence-corrected chi connectivity index (χ4v) is 2.62. The molecule has 0 aliphatic carbocycles. The third-order valence-electron chi connectivity index (χ3n) is 4.03. The van der Waals surface area contributed by atoms with Crippen molar-refractivity contribution in [2.75, 3.05) is 6.79 Å². The number of hydrogen-bond acceptors (Lipinski definition) is 6. The van der Waals surface area contributed by atoms with Gasteiger partial charge in [-0.15, -0.1) is 0 Å². The lowest BCUT2D eigenvalue weighted by Crippen LogP contribution is -2.24. The van der Waals surface area contributed by atoms with Crippen molar-refractivity contribution in [2.45, 2.75) is 13.0 Å². The summed E-state index contributed by atoms with van der Waals surface area (Å²) in [4.78, 5) is 16.5. The molecule has 0 saturated heterocycles. The van der Waals surface area contributed by atoms with E-state index in [2.05, 4.69) is 15.5 Å². The van der Waals surface area contributed by atoms with Crippen molar-refractivity contribution in [3.05, 3.63) is 66.1 Å². The van der Waals surface area contributed by atoms with Crippen molar-refractivity contribution in [1.29, 1.82) is 0 Å². The number of rotatable bonds is 5. The Morgan fingerprint density at radius 2 is 1.96 bits per heavy atom. The standard InChI is InChI=1S/C20H17N3O4/c1-13(21-18(24)10-7-14-5-3-2-4-6-14)20-22-19(23-27-20)15-8-9-16-17(11-15)26-12-25-16/h2-11,13H,12H2,1H3,(H,21,24). The summed E-state index contributed by atoms with van der Waals surface area (Å²) < 4.78 is 15.9. The number of fused-ring (bicyclic) bond motifs is 1. The lowest BCUT2D eigenvalue weighted by Gasteiger charge is -2.06. The van der Waals surface area contributed by atoms with Crippen LogP contribution in [0, 0.1) is 0 Å². The highest BCUT2D eigenvalue weighted by Gasteiger charge is 2.19. The maximum absolute atomic E-state index is 12.1. The quantitative estimate of drug-likeness (QED) is 0.700. The number of ether oxygens (including phenoxy) is 2. The number of hydrogen-bond donors (Lipinski definition) is 1. The van der Waals surface area contributed by atoms with Crippen LogP contribution in [0.5, 0.6) is 11.5 Å². The van der Waals surface area contributed by atoms with Gasteiger partial charge in [0.1, 0.15) is 6.04 Å². The molecule has 2 aromatic carbocycles. The lowest BCUT2D eigenvalue weighted by atomic mass is 10.2. The van der Waals surface area contributed by atoms with Gasteiger partial charge in [0, 0.05) is 11.6 Å². The average molecular weight is 363 g/mol. The topological polar surface area (TPSA) is 86.5 Å². The predicted octanol–water partition coefficient (Wildman–Crippen LogP) is 3.36. The molecule has 1 aliphatic rings. The summed E-state index contributed by atoms with van der Waals surface area (Å²) in [5, 5.41) is 6.79. The Balaban J connectivity index is 1.42. The average Bonchev–Trinajstić information content (AvgIpc) is 3.36. The van der Waals surface area contributed by atoms with Crippen LogP contribution in [-0.2, 0) is 4.79 Å². The second kappa shape index (κ2) is 7.33. The van der Waals surface area contributed by atoms with Crippen LogP contribution in [0.25, 0.3) is 17.5 Å². The third-order valence-corrected chi connectivity index (χ3v) is 4.03. The molecule has 27 heavy (non-hydrogen) atoms. The molecule has 0 spiro atoms. The van der Waals surface area contributed by atoms with Crippen LogP contribution in [0.4, 0.5) is 0 Å². The Hall–Kier alpha value is -3.61. The summed E-state index contributed by atoms with van der Waals surface area (Å²) in [5.41, 5.74) is 1.69. The minimum Gasteiger partial charge on any atom is -0.454 e. The zero-order chi connectivity index (χ0) is 18.6. The van der Waals surface area contributed by atoms with E-state index >= 15 is 0 Å². The number of carbonyl (C=O) groups is 1. The molecular weight excluding hydrogens is 346 g/mol. The van der Waals surface area contributed by atoms with E-state index in [1.807, 2.05) is 36.4 Å². The zero-order valence-corrected chi connectivity index (χ0v) is 14.6. The number of benzene rings is 2. The largest absolute Gasteiger partial charge is 0.454 e. The van der Waals surface area contributed by atoms with Gasteiger partial charge in [0.15, 0.2) is 11.5 Å². The molecule has 1 atom stereocenters. The third kappa shape index (κ3) is 3.82. The maximum Gasteiger partial charge on any atom is 0.249 e. The van der Waals surface area contributed by atoms with Crippen LogP contribution in [0.1, 0.15) is 24.4 Å². The minimum absolute atomic E-state index is 0.204. The lowest BCUT2D eigenvalue weighted by molar-refractivity contribution is -0.117. The van der Waals surface area contributed by atoms with Crippen LogP contribution in [0.15, 0.2) is 59.1 Å². The summed E-state index contributed by atoms with van der Waals surface area (Å²) >= 11 is 0. The molecule has 0 radical (unpaired) electrons. The Kier molecular flexibility index (Phi) is 4.57. The molecular formula is C20H17N3O4. The van der Waals surface area contributed by atoms with Gasteiger partial charge in [0.05, 0.1) is 0 Å². The van der Waals surface area contributed by atoms with Gasteiger partial charge in [-0.25, -0.2) is 0 Å². The van der Waals surface area contributed by atoms with Gasteiger partial charge in [-0.3, -0.25) is 4.79 Å². The first-order chi connectivity index (χ1) is 13.2. The van der Waals surface area contributed by atoms with E-state index in [0.29, 0.717) is 23.2 Å². The van der Waals surface area contributed by atoms with E-state index in [-0.39, 0.29) is 12.7 Å². The monoisotopic (exact) mass is 363 g/mol. The van der Waals surface area contributed by atoms with Gasteiger partial charge >= 0.3 is 0 Å². The Morgan fingerprint density at radius 3 is 2.81 bits per heavy atom. The van der Waals surface area contributed by atoms with E-state index in [1.165, 1.54) is 6.08 Å². The summed E-state index contributed by atoms with van der Waals surface area (Å²) in [6.45, 7) is 1.99. The van der Waals surface area contributed by atoms with Gasteiger partial charge in [-0.05, 0) is 36.8 Å². The summed E-state index contributed by atoms with van der Waals surface area (Å²) in [5.74, 6) is 1.84.